The second-order valence-corrected chi connectivity index (χ2v) is 8.75. The first kappa shape index (κ1) is 24.0. The van der Waals surface area contributed by atoms with E-state index in [9.17, 15) is 19.7 Å². The zero-order valence-electron chi connectivity index (χ0n) is 18.8. The van der Waals surface area contributed by atoms with Crippen LogP contribution in [0.25, 0.3) is 0 Å². The number of ether oxygens (including phenoxy) is 1. The molecule has 0 spiro atoms. The molecule has 0 aromatic heterocycles. The van der Waals surface area contributed by atoms with E-state index in [1.165, 1.54) is 25.5 Å². The van der Waals surface area contributed by atoms with Gasteiger partial charge in [0.1, 0.15) is 5.37 Å². The monoisotopic (exact) mass is 490 g/mol. The molecule has 1 N–H and O–H groups in total. The van der Waals surface area contributed by atoms with Gasteiger partial charge in [-0.1, -0.05) is 42.5 Å². The minimum Gasteiger partial charge on any atom is -0.490 e. The zero-order chi connectivity index (χ0) is 24.8. The molecular formula is C25H22N4O5S. The van der Waals surface area contributed by atoms with Gasteiger partial charge >= 0.3 is 5.69 Å². The molecule has 0 unspecified atom stereocenters. The predicted molar refractivity (Wildman–Crippen MR) is 133 cm³/mol. The first-order chi connectivity index (χ1) is 17.0. The summed E-state index contributed by atoms with van der Waals surface area (Å²) in [6, 6.07) is 21.2. The lowest BCUT2D eigenvalue weighted by Crippen LogP contribution is -2.27. The summed E-state index contributed by atoms with van der Waals surface area (Å²) in [4.78, 5) is 37.4. The van der Waals surface area contributed by atoms with Gasteiger partial charge in [-0.05, 0) is 35.4 Å². The largest absolute Gasteiger partial charge is 0.490 e. The van der Waals surface area contributed by atoms with E-state index in [1.807, 2.05) is 47.4 Å². The van der Waals surface area contributed by atoms with Gasteiger partial charge < -0.3 is 9.64 Å². The summed E-state index contributed by atoms with van der Waals surface area (Å²) in [6.07, 6.45) is 1.32. The summed E-state index contributed by atoms with van der Waals surface area (Å²) in [7, 11) is 1.35. The van der Waals surface area contributed by atoms with E-state index < -0.39 is 10.8 Å². The molecule has 3 aromatic rings. The summed E-state index contributed by atoms with van der Waals surface area (Å²) >= 11 is 1.56. The molecule has 4 rings (SSSR count). The Hall–Kier alpha value is -4.18. The average molecular weight is 491 g/mol. The first-order valence-corrected chi connectivity index (χ1v) is 11.7. The summed E-state index contributed by atoms with van der Waals surface area (Å²) < 4.78 is 4.97. The van der Waals surface area contributed by atoms with Gasteiger partial charge in [0.05, 0.1) is 24.0 Å². The SMILES string of the molecule is COc1ccc(/C=N\NC(=O)c2ccc([C@H]3SCC(=O)N3Cc3ccccc3)cc2)cc1[N+](=O)[O-]. The van der Waals surface area contributed by atoms with Gasteiger partial charge in [0.2, 0.25) is 5.91 Å². The molecule has 3 aromatic carbocycles. The Balaban J connectivity index is 1.40. The number of rotatable bonds is 8. The number of nitrogens with one attached hydrogen (secondary N) is 1. The van der Waals surface area contributed by atoms with Gasteiger partial charge in [0, 0.05) is 23.7 Å². The van der Waals surface area contributed by atoms with E-state index in [4.69, 9.17) is 4.74 Å². The van der Waals surface area contributed by atoms with Crippen LogP contribution in [0.4, 0.5) is 5.69 Å². The number of hydrogen-bond acceptors (Lipinski definition) is 7. The van der Waals surface area contributed by atoms with Gasteiger partial charge in [0.25, 0.3) is 5.91 Å². The second kappa shape index (κ2) is 10.8. The van der Waals surface area contributed by atoms with Crippen molar-refractivity contribution in [3.05, 3.63) is 105 Å². The number of amides is 2. The van der Waals surface area contributed by atoms with Crippen LogP contribution >= 0.6 is 11.8 Å². The first-order valence-electron chi connectivity index (χ1n) is 10.7. The summed E-state index contributed by atoms with van der Waals surface area (Å²) in [6.45, 7) is 0.526. The predicted octanol–water partition coefficient (Wildman–Crippen LogP) is 4.14. The normalized spacial score (nSPS) is 15.4. The van der Waals surface area contributed by atoms with Crippen LogP contribution in [0.15, 0.2) is 77.9 Å². The van der Waals surface area contributed by atoms with Gasteiger partial charge in [-0.3, -0.25) is 19.7 Å². The van der Waals surface area contributed by atoms with E-state index in [0.717, 1.165) is 11.1 Å². The number of thioether (sulfide) groups is 1. The molecule has 1 heterocycles. The standard InChI is InChI=1S/C25H22N4O5S/c1-34-22-12-7-18(13-21(22)29(32)33)14-26-27-24(31)19-8-10-20(11-9-19)25-28(23(30)16-35-25)15-17-5-3-2-4-6-17/h2-14,25H,15-16H2,1H3,(H,27,31)/b26-14-/t25-/m1/s1. The maximum absolute atomic E-state index is 12.5. The molecule has 0 saturated carbocycles. The number of benzene rings is 3. The number of hydrazone groups is 1. The van der Waals surface area contributed by atoms with Crippen LogP contribution in [0.5, 0.6) is 5.75 Å². The quantitative estimate of drug-likeness (QED) is 0.288. The number of methoxy groups -OCH3 is 1. The van der Waals surface area contributed by atoms with E-state index in [2.05, 4.69) is 10.5 Å². The van der Waals surface area contributed by atoms with E-state index >= 15 is 0 Å². The maximum atomic E-state index is 12.5. The lowest BCUT2D eigenvalue weighted by molar-refractivity contribution is -0.385. The van der Waals surface area contributed by atoms with Crippen molar-refractivity contribution in [3.63, 3.8) is 0 Å². The van der Waals surface area contributed by atoms with Crippen molar-refractivity contribution in [2.24, 2.45) is 5.10 Å². The third kappa shape index (κ3) is 5.67. The fourth-order valence-corrected chi connectivity index (χ4v) is 4.83. The van der Waals surface area contributed by atoms with Crippen LogP contribution in [0, 0.1) is 10.1 Å². The minimum absolute atomic E-state index is 0.0822. The van der Waals surface area contributed by atoms with Crippen LogP contribution in [0.1, 0.15) is 32.4 Å². The molecule has 0 radical (unpaired) electrons. The molecule has 178 valence electrons. The third-order valence-electron chi connectivity index (χ3n) is 5.40. The van der Waals surface area contributed by atoms with Crippen LogP contribution in [-0.4, -0.2) is 40.7 Å². The van der Waals surface area contributed by atoms with E-state index in [1.54, 1.807) is 30.0 Å². The van der Waals surface area contributed by atoms with Crippen LogP contribution < -0.4 is 10.2 Å². The second-order valence-electron chi connectivity index (χ2n) is 7.68. The van der Waals surface area contributed by atoms with Crippen molar-refractivity contribution in [2.75, 3.05) is 12.9 Å². The molecule has 10 heteroatoms. The summed E-state index contributed by atoms with van der Waals surface area (Å²) in [5, 5.41) is 14.9. The minimum atomic E-state index is -0.548. The molecule has 1 aliphatic rings. The number of nitrogens with zero attached hydrogens (tertiary/aromatic N) is 3. The topological polar surface area (TPSA) is 114 Å². The molecule has 0 aliphatic carbocycles. The number of carbonyl (C=O) groups excluding carboxylic acids is 2. The maximum Gasteiger partial charge on any atom is 0.311 e. The Bertz CT molecular complexity index is 1260. The Morgan fingerprint density at radius 1 is 1.20 bits per heavy atom. The highest BCUT2D eigenvalue weighted by Crippen LogP contribution is 2.39. The number of carbonyl (C=O) groups is 2. The van der Waals surface area contributed by atoms with Crippen molar-refractivity contribution in [1.29, 1.82) is 0 Å². The Morgan fingerprint density at radius 2 is 1.94 bits per heavy atom. The van der Waals surface area contributed by atoms with E-state index in [0.29, 0.717) is 23.4 Å². The molecule has 0 bridgehead atoms. The molecule has 2 amide bonds. The van der Waals surface area contributed by atoms with Crippen molar-refractivity contribution < 1.29 is 19.2 Å². The van der Waals surface area contributed by atoms with Crippen LogP contribution in [0.3, 0.4) is 0 Å². The third-order valence-corrected chi connectivity index (χ3v) is 6.66. The Kier molecular flexibility index (Phi) is 7.41. The van der Waals surface area contributed by atoms with Crippen molar-refractivity contribution in [2.45, 2.75) is 11.9 Å². The van der Waals surface area contributed by atoms with Crippen molar-refractivity contribution >= 4 is 35.5 Å². The highest BCUT2D eigenvalue weighted by Gasteiger charge is 2.32. The Morgan fingerprint density at radius 3 is 2.63 bits per heavy atom. The highest BCUT2D eigenvalue weighted by molar-refractivity contribution is 8.00. The molecule has 9 nitrogen and oxygen atoms in total. The molecule has 1 fully saturated rings. The van der Waals surface area contributed by atoms with Gasteiger partial charge in [-0.2, -0.15) is 5.10 Å². The van der Waals surface area contributed by atoms with E-state index in [-0.39, 0.29) is 22.7 Å². The highest BCUT2D eigenvalue weighted by atomic mass is 32.2. The van der Waals surface area contributed by atoms with Crippen LogP contribution in [0.2, 0.25) is 0 Å². The summed E-state index contributed by atoms with van der Waals surface area (Å²) in [5.41, 5.74) is 5.06. The number of hydrogen-bond donors (Lipinski definition) is 1. The number of nitro groups is 1. The fourth-order valence-electron chi connectivity index (χ4n) is 3.64. The number of nitro benzene ring substituents is 1. The van der Waals surface area contributed by atoms with Crippen molar-refractivity contribution in [3.8, 4) is 5.75 Å². The summed E-state index contributed by atoms with van der Waals surface area (Å²) in [5.74, 6) is 0.212. The lowest BCUT2D eigenvalue weighted by atomic mass is 10.1. The smallest absolute Gasteiger partial charge is 0.311 e. The van der Waals surface area contributed by atoms with Crippen molar-refractivity contribution in [1.82, 2.24) is 10.3 Å². The van der Waals surface area contributed by atoms with Crippen LogP contribution in [-0.2, 0) is 11.3 Å². The average Bonchev–Trinajstić information content (AvgIpc) is 3.24. The molecular weight excluding hydrogens is 468 g/mol. The van der Waals surface area contributed by atoms with Gasteiger partial charge in [-0.25, -0.2) is 5.43 Å². The molecule has 35 heavy (non-hydrogen) atoms. The zero-order valence-corrected chi connectivity index (χ0v) is 19.6. The lowest BCUT2D eigenvalue weighted by Gasteiger charge is -2.24. The molecule has 1 saturated heterocycles. The molecule has 1 aliphatic heterocycles. The molecule has 1 atom stereocenters. The fraction of sp³-hybridized carbons (Fsp3) is 0.160. The van der Waals surface area contributed by atoms with Gasteiger partial charge in [0.15, 0.2) is 5.75 Å². The van der Waals surface area contributed by atoms with Gasteiger partial charge in [-0.15, -0.1) is 11.8 Å². The Labute approximate surface area is 205 Å².